The molecule has 5 nitrogen and oxygen atoms in total. The second kappa shape index (κ2) is 17.1. The van der Waals surface area contributed by atoms with Crippen molar-refractivity contribution in [3.05, 3.63) is 0 Å². The lowest BCUT2D eigenvalue weighted by atomic mass is 10.3. The fraction of sp³-hybridized carbons (Fsp3) is 1.00. The molecule has 38 heavy (non-hydrogen) atoms. The van der Waals surface area contributed by atoms with E-state index in [-0.39, 0.29) is 18.9 Å². The highest BCUT2D eigenvalue weighted by molar-refractivity contribution is 6.86. The van der Waals surface area contributed by atoms with Gasteiger partial charge in [0.1, 0.15) is 0 Å². The first-order valence-electron chi connectivity index (χ1n) is 13.6. The molecule has 15 heteroatoms. The Morgan fingerprint density at radius 1 is 0.605 bits per heavy atom. The van der Waals surface area contributed by atoms with E-state index in [9.17, 15) is 17.6 Å². The van der Waals surface area contributed by atoms with Gasteiger partial charge in [-0.15, -0.1) is 0 Å². The van der Waals surface area contributed by atoms with Crippen LogP contribution >= 0.6 is 0 Å². The molecular weight excluding hydrogens is 601 g/mol. The molecule has 0 aliphatic rings. The van der Waals surface area contributed by atoms with Gasteiger partial charge in [-0.05, 0) is 104 Å². The van der Waals surface area contributed by atoms with Gasteiger partial charge in [0.2, 0.25) is 11.8 Å². The van der Waals surface area contributed by atoms with Crippen molar-refractivity contribution in [2.75, 3.05) is 7.11 Å². The maximum atomic E-state index is 13.0. The number of alkyl halides is 4. The van der Waals surface area contributed by atoms with Crippen LogP contribution in [0.25, 0.3) is 0 Å². The van der Waals surface area contributed by atoms with Crippen molar-refractivity contribution in [3.8, 4) is 0 Å². The molecule has 0 amide bonds. The minimum absolute atomic E-state index is 0.138. The number of halogens is 4. The Labute approximate surface area is 239 Å². The van der Waals surface area contributed by atoms with Gasteiger partial charge in [-0.25, -0.2) is 17.6 Å². The molecule has 0 N–H and O–H groups in total. The van der Waals surface area contributed by atoms with Crippen LogP contribution < -0.4 is 0 Å². The van der Waals surface area contributed by atoms with Gasteiger partial charge in [-0.1, -0.05) is 13.8 Å². The second-order valence-corrected chi connectivity index (χ2v) is 35.4. The summed E-state index contributed by atoms with van der Waals surface area (Å²) in [5.41, 5.74) is 0. The van der Waals surface area contributed by atoms with Crippen molar-refractivity contribution in [1.29, 1.82) is 0 Å². The fourth-order valence-electron chi connectivity index (χ4n) is 3.65. The first kappa shape index (κ1) is 43.3. The summed E-state index contributed by atoms with van der Waals surface area (Å²) < 4.78 is 81.5. The molecule has 2 unspecified atom stereocenters. The van der Waals surface area contributed by atoms with Crippen LogP contribution in [0.4, 0.5) is 17.6 Å². The van der Waals surface area contributed by atoms with Crippen LogP contribution in [0.3, 0.4) is 0 Å². The summed E-state index contributed by atoms with van der Waals surface area (Å²) >= 11 is 0. The standard InChI is InChI=1S/C11H28F2O3Si3.C10H26F2O2Si3.C2H6/c1-11(12,13)9-10-19(8,14-2)16-18(6,7)15-17(3,4)5;1-10(11,12)8-9-17(7,13-15(2)3)14-16(4,5)6;1-2/h9-10H2,1-8H3;15H,8-9H2,1-7H3;1-2H3. The van der Waals surface area contributed by atoms with E-state index in [0.717, 1.165) is 13.8 Å². The third kappa shape index (κ3) is 28.4. The third-order valence-corrected chi connectivity index (χ3v) is 23.8. The predicted octanol–water partition coefficient (Wildman–Crippen LogP) is 9.30. The maximum absolute atomic E-state index is 13.0. The highest BCUT2D eigenvalue weighted by Gasteiger charge is 2.43. The second-order valence-electron chi connectivity index (χ2n) is 12.7. The van der Waals surface area contributed by atoms with Crippen LogP contribution in [-0.4, -0.2) is 70.3 Å². The lowest BCUT2D eigenvalue weighted by Crippen LogP contribution is -2.53. The minimum Gasteiger partial charge on any atom is -0.439 e. The van der Waals surface area contributed by atoms with E-state index in [1.165, 1.54) is 0 Å². The van der Waals surface area contributed by atoms with Gasteiger partial charge in [0.25, 0.3) is 0 Å². The molecule has 0 aromatic heterocycles. The van der Waals surface area contributed by atoms with Crippen LogP contribution in [-0.2, 0) is 20.9 Å². The van der Waals surface area contributed by atoms with Crippen molar-refractivity contribution in [1.82, 2.24) is 0 Å². The molecule has 0 aliphatic carbocycles. The molecule has 0 saturated heterocycles. The quantitative estimate of drug-likeness (QED) is 0.129. The molecule has 0 rings (SSSR count). The van der Waals surface area contributed by atoms with Gasteiger partial charge in [0, 0.05) is 20.0 Å². The summed E-state index contributed by atoms with van der Waals surface area (Å²) in [4.78, 5) is 0. The van der Waals surface area contributed by atoms with Crippen molar-refractivity contribution >= 4 is 51.4 Å². The third-order valence-electron chi connectivity index (χ3n) is 4.49. The van der Waals surface area contributed by atoms with E-state index in [2.05, 4.69) is 52.4 Å². The van der Waals surface area contributed by atoms with Crippen molar-refractivity contribution < 1.29 is 38.4 Å². The Bertz CT molecular complexity index is 638. The molecular formula is C23H60F4O5Si6. The fourth-order valence-corrected chi connectivity index (χ4v) is 27.7. The van der Waals surface area contributed by atoms with Crippen molar-refractivity contribution in [2.24, 2.45) is 0 Å². The Morgan fingerprint density at radius 3 is 1.21 bits per heavy atom. The molecule has 0 aromatic rings. The Kier molecular flexibility index (Phi) is 19.4. The van der Waals surface area contributed by atoms with E-state index >= 15 is 0 Å². The molecule has 0 spiro atoms. The van der Waals surface area contributed by atoms with Crippen LogP contribution in [0.2, 0.25) is 90.7 Å². The van der Waals surface area contributed by atoms with Crippen LogP contribution in [0.15, 0.2) is 0 Å². The van der Waals surface area contributed by atoms with Gasteiger partial charge in [-0.2, -0.15) is 0 Å². The monoisotopic (exact) mass is 660 g/mol. The van der Waals surface area contributed by atoms with Gasteiger partial charge in [-0.3, -0.25) is 0 Å². The smallest absolute Gasteiger partial charge is 0.326 e. The van der Waals surface area contributed by atoms with Gasteiger partial charge in [0.05, 0.1) is 0 Å². The number of hydrogen-bond donors (Lipinski definition) is 0. The zero-order chi connectivity index (χ0) is 31.4. The topological polar surface area (TPSA) is 46.2 Å². The summed E-state index contributed by atoms with van der Waals surface area (Å²) in [6.07, 6.45) is -0.345. The van der Waals surface area contributed by atoms with E-state index in [1.54, 1.807) is 7.11 Å². The first-order valence-corrected chi connectivity index (χ1v) is 31.1. The van der Waals surface area contributed by atoms with E-state index in [4.69, 9.17) is 20.9 Å². The van der Waals surface area contributed by atoms with E-state index in [1.807, 2.05) is 40.0 Å². The Morgan fingerprint density at radius 2 is 0.947 bits per heavy atom. The molecule has 0 fully saturated rings. The summed E-state index contributed by atoms with van der Waals surface area (Å²) in [6, 6.07) is 0.657. The highest BCUT2D eigenvalue weighted by atomic mass is 28.5. The molecule has 0 aromatic carbocycles. The minimum atomic E-state index is -2.68. The Balaban J connectivity index is -0.000000608. The Hall–Kier alpha value is 0.821. The predicted molar refractivity (Wildman–Crippen MR) is 169 cm³/mol. The van der Waals surface area contributed by atoms with E-state index < -0.39 is 63.2 Å². The van der Waals surface area contributed by atoms with Crippen molar-refractivity contribution in [3.63, 3.8) is 0 Å². The maximum Gasteiger partial charge on any atom is 0.326 e. The lowest BCUT2D eigenvalue weighted by Gasteiger charge is -2.38. The summed E-state index contributed by atoms with van der Waals surface area (Å²) in [7, 11) is -10.5. The SMILES string of the molecule is CC.CO[Si](C)(CCC(C)(F)F)O[Si](C)(C)O[Si](C)(C)C.C[SiH](C)O[Si](C)(CCC(C)(F)F)O[Si](C)(C)C. The molecule has 0 bridgehead atoms. The zero-order valence-electron chi connectivity index (χ0n) is 27.5. The molecule has 0 aliphatic heterocycles. The molecule has 0 radical (unpaired) electrons. The molecule has 234 valence electrons. The van der Waals surface area contributed by atoms with Crippen LogP contribution in [0.5, 0.6) is 0 Å². The molecule has 0 heterocycles. The van der Waals surface area contributed by atoms with Gasteiger partial charge in [0.15, 0.2) is 25.7 Å². The highest BCUT2D eigenvalue weighted by Crippen LogP contribution is 2.30. The average Bonchev–Trinajstić information content (AvgIpc) is 2.61. The largest absolute Gasteiger partial charge is 0.439 e. The normalized spacial score (nSPS) is 16.6. The lowest BCUT2D eigenvalue weighted by molar-refractivity contribution is 0.0153. The van der Waals surface area contributed by atoms with Crippen LogP contribution in [0.1, 0.15) is 40.5 Å². The van der Waals surface area contributed by atoms with Crippen LogP contribution in [0, 0.1) is 0 Å². The number of rotatable bonds is 15. The number of hydrogen-bond acceptors (Lipinski definition) is 5. The van der Waals surface area contributed by atoms with Gasteiger partial charge < -0.3 is 20.9 Å². The summed E-state index contributed by atoms with van der Waals surface area (Å²) in [5.74, 6) is -5.31. The average molecular weight is 661 g/mol. The first-order chi connectivity index (χ1) is 16.5. The summed E-state index contributed by atoms with van der Waals surface area (Å²) in [6.45, 7) is 30.2. The van der Waals surface area contributed by atoms with Gasteiger partial charge >= 0.3 is 25.7 Å². The van der Waals surface area contributed by atoms with Crippen molar-refractivity contribution in [2.45, 2.75) is 143 Å². The van der Waals surface area contributed by atoms with E-state index in [0.29, 0.717) is 6.04 Å². The molecule has 0 saturated carbocycles. The molecule has 2 atom stereocenters. The summed E-state index contributed by atoms with van der Waals surface area (Å²) in [5, 5.41) is 0. The zero-order valence-corrected chi connectivity index (χ0v) is 33.6.